The summed E-state index contributed by atoms with van der Waals surface area (Å²) in [6, 6.07) is 1.77. The van der Waals surface area contributed by atoms with Crippen molar-refractivity contribution in [3.8, 4) is 0 Å². The molecule has 17 heavy (non-hydrogen) atoms. The lowest BCUT2D eigenvalue weighted by atomic mass is 10.3. The first-order chi connectivity index (χ1) is 7.99. The van der Waals surface area contributed by atoms with Crippen molar-refractivity contribution in [3.63, 3.8) is 0 Å². The monoisotopic (exact) mass is 270 g/mol. The van der Waals surface area contributed by atoms with E-state index in [-0.39, 0.29) is 5.15 Å². The molecular weight excluding hydrogens is 263 g/mol. The fraction of sp³-hybridized carbons (Fsp3) is 0.0909. The van der Waals surface area contributed by atoms with E-state index >= 15 is 0 Å². The molecule has 2 aromatic heterocycles. The first kappa shape index (κ1) is 12.0. The highest BCUT2D eigenvalue weighted by Gasteiger charge is 2.10. The average Bonchev–Trinajstić information content (AvgIpc) is 2.52. The molecule has 0 fully saturated rings. The second-order valence-electron chi connectivity index (χ2n) is 3.49. The number of carboxylic acids is 1. The van der Waals surface area contributed by atoms with E-state index in [4.69, 9.17) is 28.3 Å². The molecule has 6 heteroatoms. The molecule has 88 valence electrons. The zero-order valence-corrected chi connectivity index (χ0v) is 10.3. The van der Waals surface area contributed by atoms with Gasteiger partial charge < -0.3 is 5.11 Å². The number of hydrogen-bond acceptors (Lipinski definition) is 2. The number of imidazole rings is 1. The summed E-state index contributed by atoms with van der Waals surface area (Å²) in [6.45, 7) is 1.86. The summed E-state index contributed by atoms with van der Waals surface area (Å²) in [4.78, 5) is 14.6. The lowest BCUT2D eigenvalue weighted by Gasteiger charge is -2.00. The number of fused-ring (bicyclic) bond motifs is 1. The van der Waals surface area contributed by atoms with Gasteiger partial charge in [0.1, 0.15) is 5.65 Å². The summed E-state index contributed by atoms with van der Waals surface area (Å²) in [6.07, 6.45) is 4.04. The third-order valence-corrected chi connectivity index (χ3v) is 2.73. The van der Waals surface area contributed by atoms with E-state index < -0.39 is 5.97 Å². The summed E-state index contributed by atoms with van der Waals surface area (Å²) in [5.41, 5.74) is 2.02. The van der Waals surface area contributed by atoms with Gasteiger partial charge in [-0.3, -0.25) is 4.40 Å². The van der Waals surface area contributed by atoms with Crippen LogP contribution < -0.4 is 0 Å². The van der Waals surface area contributed by atoms with Gasteiger partial charge in [0, 0.05) is 12.3 Å². The number of aromatic nitrogens is 2. The summed E-state index contributed by atoms with van der Waals surface area (Å²) >= 11 is 11.9. The number of aliphatic carboxylic acids is 1. The number of aryl methyl sites for hydroxylation is 1. The van der Waals surface area contributed by atoms with Crippen LogP contribution in [0, 0.1) is 6.92 Å². The maximum atomic E-state index is 10.5. The highest BCUT2D eigenvalue weighted by Crippen LogP contribution is 2.24. The molecule has 2 aromatic rings. The molecular formula is C11H8Cl2N2O2. The smallest absolute Gasteiger partial charge is 0.328 e. The molecule has 0 saturated carbocycles. The number of nitrogens with zero attached hydrogens (tertiary/aromatic N) is 2. The third kappa shape index (κ3) is 2.28. The molecule has 0 bridgehead atoms. The van der Waals surface area contributed by atoms with E-state index in [9.17, 15) is 4.79 Å². The van der Waals surface area contributed by atoms with Crippen LogP contribution in [0.5, 0.6) is 0 Å². The van der Waals surface area contributed by atoms with Crippen LogP contribution in [0.2, 0.25) is 10.2 Å². The highest BCUT2D eigenvalue weighted by molar-refractivity contribution is 6.31. The summed E-state index contributed by atoms with van der Waals surface area (Å²) < 4.78 is 1.67. The van der Waals surface area contributed by atoms with Gasteiger partial charge in [0.15, 0.2) is 5.15 Å². The molecule has 0 aromatic carbocycles. The maximum absolute atomic E-state index is 10.5. The van der Waals surface area contributed by atoms with Crippen LogP contribution in [0.4, 0.5) is 0 Å². The van der Waals surface area contributed by atoms with Crippen molar-refractivity contribution >= 4 is 40.9 Å². The SMILES string of the molecule is Cc1cc(Cl)cn2c(/C=C/C(=O)O)c(Cl)nc12. The van der Waals surface area contributed by atoms with Crippen LogP contribution in [0.25, 0.3) is 11.7 Å². The van der Waals surface area contributed by atoms with Gasteiger partial charge in [-0.1, -0.05) is 23.2 Å². The molecule has 0 atom stereocenters. The van der Waals surface area contributed by atoms with E-state index in [1.807, 2.05) is 6.92 Å². The Morgan fingerprint density at radius 2 is 2.24 bits per heavy atom. The Kier molecular flexibility index (Phi) is 3.09. The fourth-order valence-corrected chi connectivity index (χ4v) is 2.05. The zero-order chi connectivity index (χ0) is 12.6. The van der Waals surface area contributed by atoms with Crippen LogP contribution in [-0.2, 0) is 4.79 Å². The quantitative estimate of drug-likeness (QED) is 0.854. The molecule has 0 aliphatic rings. The molecule has 4 nitrogen and oxygen atoms in total. The lowest BCUT2D eigenvalue weighted by molar-refractivity contribution is -0.131. The number of hydrogen-bond donors (Lipinski definition) is 1. The largest absolute Gasteiger partial charge is 0.478 e. The van der Waals surface area contributed by atoms with Gasteiger partial charge in [0.2, 0.25) is 0 Å². The van der Waals surface area contributed by atoms with Crippen LogP contribution in [0.1, 0.15) is 11.3 Å². The Bertz CT molecular complexity index is 632. The highest BCUT2D eigenvalue weighted by atomic mass is 35.5. The molecule has 0 aliphatic carbocycles. The standard InChI is InChI=1S/C11H8Cl2N2O2/c1-6-4-7(12)5-15-8(2-3-9(16)17)10(13)14-11(6)15/h2-5H,1H3,(H,16,17)/b3-2+. The minimum Gasteiger partial charge on any atom is -0.478 e. The van der Waals surface area contributed by atoms with E-state index in [0.29, 0.717) is 16.4 Å². The average molecular weight is 271 g/mol. The zero-order valence-electron chi connectivity index (χ0n) is 8.82. The van der Waals surface area contributed by atoms with E-state index in [1.165, 1.54) is 6.08 Å². The predicted octanol–water partition coefficient (Wildman–Crippen LogP) is 3.05. The van der Waals surface area contributed by atoms with E-state index in [2.05, 4.69) is 4.98 Å². The Labute approximate surface area is 107 Å². The molecule has 0 amide bonds. The second kappa shape index (κ2) is 4.39. The first-order valence-electron chi connectivity index (χ1n) is 4.74. The van der Waals surface area contributed by atoms with Crippen molar-refractivity contribution in [2.24, 2.45) is 0 Å². The molecule has 0 unspecified atom stereocenters. The van der Waals surface area contributed by atoms with Crippen LogP contribution >= 0.6 is 23.2 Å². The second-order valence-corrected chi connectivity index (χ2v) is 4.29. The Morgan fingerprint density at radius 3 is 2.88 bits per heavy atom. The van der Waals surface area contributed by atoms with Gasteiger partial charge >= 0.3 is 5.97 Å². The van der Waals surface area contributed by atoms with E-state index in [1.54, 1.807) is 16.7 Å². The Balaban J connectivity index is 2.70. The van der Waals surface area contributed by atoms with Gasteiger partial charge in [-0.15, -0.1) is 0 Å². The molecule has 1 N–H and O–H groups in total. The maximum Gasteiger partial charge on any atom is 0.328 e. The van der Waals surface area contributed by atoms with Crippen molar-refractivity contribution in [3.05, 3.63) is 39.8 Å². The number of carboxylic acid groups (broad SMARTS) is 1. The number of pyridine rings is 1. The topological polar surface area (TPSA) is 54.6 Å². The number of carbonyl (C=O) groups is 1. The fourth-order valence-electron chi connectivity index (χ4n) is 1.56. The van der Waals surface area contributed by atoms with Crippen molar-refractivity contribution in [1.82, 2.24) is 9.38 Å². The van der Waals surface area contributed by atoms with Crippen molar-refractivity contribution < 1.29 is 9.90 Å². The van der Waals surface area contributed by atoms with Crippen LogP contribution in [-0.4, -0.2) is 20.5 Å². The van der Waals surface area contributed by atoms with Crippen molar-refractivity contribution in [2.45, 2.75) is 6.92 Å². The first-order valence-corrected chi connectivity index (χ1v) is 5.49. The molecule has 2 rings (SSSR count). The molecule has 0 spiro atoms. The van der Waals surface area contributed by atoms with Crippen LogP contribution in [0.3, 0.4) is 0 Å². The van der Waals surface area contributed by atoms with Gasteiger partial charge in [-0.25, -0.2) is 9.78 Å². The molecule has 0 aliphatic heterocycles. The summed E-state index contributed by atoms with van der Waals surface area (Å²) in [5, 5.41) is 9.38. The summed E-state index contributed by atoms with van der Waals surface area (Å²) in [5.74, 6) is -1.05. The predicted molar refractivity (Wildman–Crippen MR) is 66.6 cm³/mol. The van der Waals surface area contributed by atoms with E-state index in [0.717, 1.165) is 11.6 Å². The van der Waals surface area contributed by atoms with Gasteiger partial charge in [-0.05, 0) is 24.6 Å². The Morgan fingerprint density at radius 1 is 1.53 bits per heavy atom. The third-order valence-electron chi connectivity index (χ3n) is 2.25. The summed E-state index contributed by atoms with van der Waals surface area (Å²) in [7, 11) is 0. The minimum atomic E-state index is -1.05. The molecule has 0 radical (unpaired) electrons. The lowest BCUT2D eigenvalue weighted by Crippen LogP contribution is -1.91. The van der Waals surface area contributed by atoms with Gasteiger partial charge in [-0.2, -0.15) is 0 Å². The molecule has 0 saturated heterocycles. The van der Waals surface area contributed by atoms with Crippen LogP contribution in [0.15, 0.2) is 18.3 Å². The minimum absolute atomic E-state index is 0.243. The Hall–Kier alpha value is -1.52. The normalized spacial score (nSPS) is 11.5. The number of halogens is 2. The molecule has 2 heterocycles. The van der Waals surface area contributed by atoms with Crippen molar-refractivity contribution in [1.29, 1.82) is 0 Å². The van der Waals surface area contributed by atoms with Gasteiger partial charge in [0.25, 0.3) is 0 Å². The van der Waals surface area contributed by atoms with Crippen molar-refractivity contribution in [2.75, 3.05) is 0 Å². The van der Waals surface area contributed by atoms with Gasteiger partial charge in [0.05, 0.1) is 10.7 Å². The number of rotatable bonds is 2.